The molecule has 3 aliphatic rings. The summed E-state index contributed by atoms with van der Waals surface area (Å²) in [5.41, 5.74) is 1.18. The number of ether oxygens (including phenoxy) is 2. The number of benzene rings is 1. The molecule has 1 saturated carbocycles. The topological polar surface area (TPSA) is 42.0 Å². The molecule has 4 atom stereocenters. The largest absolute Gasteiger partial charge is 0.496 e. The molecule has 136 valence electrons. The van der Waals surface area contributed by atoms with Crippen LogP contribution in [0.4, 0.5) is 0 Å². The summed E-state index contributed by atoms with van der Waals surface area (Å²) in [4.78, 5) is 17.6. The van der Waals surface area contributed by atoms with Crippen molar-refractivity contribution < 1.29 is 14.3 Å². The monoisotopic (exact) mass is 344 g/mol. The van der Waals surface area contributed by atoms with Gasteiger partial charge in [-0.15, -0.1) is 0 Å². The van der Waals surface area contributed by atoms with Gasteiger partial charge in [-0.05, 0) is 29.9 Å². The van der Waals surface area contributed by atoms with Crippen LogP contribution in [0.3, 0.4) is 0 Å². The van der Waals surface area contributed by atoms with Gasteiger partial charge in [-0.2, -0.15) is 0 Å². The first-order chi connectivity index (χ1) is 12.2. The van der Waals surface area contributed by atoms with Gasteiger partial charge >= 0.3 is 0 Å². The Kier molecular flexibility index (Phi) is 4.69. The fraction of sp³-hybridized carbons (Fsp3) is 0.650. The molecule has 4 unspecified atom stereocenters. The summed E-state index contributed by atoms with van der Waals surface area (Å²) in [6.07, 6.45) is 0.951. The number of hydrogen-bond donors (Lipinski definition) is 0. The predicted molar refractivity (Wildman–Crippen MR) is 95.8 cm³/mol. The van der Waals surface area contributed by atoms with Crippen molar-refractivity contribution in [3.05, 3.63) is 29.8 Å². The molecule has 1 aromatic carbocycles. The minimum absolute atomic E-state index is 0.131. The van der Waals surface area contributed by atoms with E-state index < -0.39 is 0 Å². The van der Waals surface area contributed by atoms with E-state index in [9.17, 15) is 4.79 Å². The van der Waals surface area contributed by atoms with Crippen molar-refractivity contribution in [1.29, 1.82) is 0 Å². The number of carbonyl (C=O) groups is 1. The Morgan fingerprint density at radius 3 is 2.72 bits per heavy atom. The lowest BCUT2D eigenvalue weighted by atomic mass is 10.0. The Balaban J connectivity index is 1.39. The van der Waals surface area contributed by atoms with Crippen LogP contribution in [0.15, 0.2) is 24.3 Å². The second kappa shape index (κ2) is 6.96. The quantitative estimate of drug-likeness (QED) is 0.838. The molecule has 0 bridgehead atoms. The molecule has 5 heteroatoms. The van der Waals surface area contributed by atoms with Crippen LogP contribution in [0.2, 0.25) is 0 Å². The maximum absolute atomic E-state index is 13.0. The maximum atomic E-state index is 13.0. The Morgan fingerprint density at radius 2 is 1.96 bits per heavy atom. The molecule has 0 spiro atoms. The predicted octanol–water partition coefficient (Wildman–Crippen LogP) is 1.98. The van der Waals surface area contributed by atoms with Crippen LogP contribution in [0.1, 0.15) is 24.8 Å². The summed E-state index contributed by atoms with van der Waals surface area (Å²) in [5, 5.41) is 0. The molecule has 1 aromatic rings. The zero-order valence-corrected chi connectivity index (χ0v) is 15.2. The van der Waals surface area contributed by atoms with E-state index in [0.717, 1.165) is 51.6 Å². The Labute approximate surface area is 149 Å². The van der Waals surface area contributed by atoms with Crippen molar-refractivity contribution in [2.45, 2.75) is 25.3 Å². The van der Waals surface area contributed by atoms with Crippen LogP contribution in [-0.2, 0) is 9.53 Å². The van der Waals surface area contributed by atoms with E-state index in [-0.39, 0.29) is 5.92 Å². The lowest BCUT2D eigenvalue weighted by molar-refractivity contribution is -0.131. The van der Waals surface area contributed by atoms with Gasteiger partial charge in [-0.25, -0.2) is 0 Å². The minimum atomic E-state index is 0.131. The molecule has 2 heterocycles. The number of morpholine rings is 1. The molecule has 3 fully saturated rings. The zero-order valence-electron chi connectivity index (χ0n) is 15.2. The number of methoxy groups -OCH3 is 1. The molecule has 5 nitrogen and oxygen atoms in total. The smallest absolute Gasteiger partial charge is 0.226 e. The highest BCUT2D eigenvalue weighted by atomic mass is 16.5. The van der Waals surface area contributed by atoms with Crippen molar-refractivity contribution in [3.63, 3.8) is 0 Å². The molecule has 0 radical (unpaired) electrons. The molecule has 1 aliphatic carbocycles. The average Bonchev–Trinajstić information content (AvgIpc) is 3.36. The summed E-state index contributed by atoms with van der Waals surface area (Å²) in [6, 6.07) is 8.58. The highest BCUT2D eigenvalue weighted by molar-refractivity contribution is 5.83. The van der Waals surface area contributed by atoms with E-state index in [4.69, 9.17) is 9.47 Å². The normalized spacial score (nSPS) is 32.6. The van der Waals surface area contributed by atoms with Gasteiger partial charge in [0, 0.05) is 38.1 Å². The molecule has 25 heavy (non-hydrogen) atoms. The van der Waals surface area contributed by atoms with Crippen molar-refractivity contribution in [1.82, 2.24) is 9.80 Å². The molecular weight excluding hydrogens is 316 g/mol. The van der Waals surface area contributed by atoms with E-state index in [1.165, 1.54) is 5.56 Å². The first kappa shape index (κ1) is 16.9. The molecule has 2 saturated heterocycles. The van der Waals surface area contributed by atoms with Crippen LogP contribution >= 0.6 is 0 Å². The first-order valence-electron chi connectivity index (χ1n) is 9.42. The van der Waals surface area contributed by atoms with Gasteiger partial charge in [0.1, 0.15) is 5.75 Å². The minimum Gasteiger partial charge on any atom is -0.496 e. The van der Waals surface area contributed by atoms with Crippen LogP contribution < -0.4 is 4.74 Å². The van der Waals surface area contributed by atoms with E-state index >= 15 is 0 Å². The highest BCUT2D eigenvalue weighted by Gasteiger charge is 2.49. The number of rotatable bonds is 4. The fourth-order valence-corrected chi connectivity index (χ4v) is 4.53. The zero-order chi connectivity index (χ0) is 17.4. The van der Waals surface area contributed by atoms with Gasteiger partial charge in [-0.3, -0.25) is 9.69 Å². The third kappa shape index (κ3) is 3.27. The number of carbonyl (C=O) groups excluding carboxylic acids is 1. The molecule has 0 aromatic heterocycles. The molecule has 1 amide bonds. The second-order valence-corrected chi connectivity index (χ2v) is 7.63. The third-order valence-corrected chi connectivity index (χ3v) is 6.05. The summed E-state index contributed by atoms with van der Waals surface area (Å²) in [7, 11) is 1.70. The molecular formula is C20H28N2O3. The summed E-state index contributed by atoms with van der Waals surface area (Å²) in [6.45, 7) is 7.64. The highest BCUT2D eigenvalue weighted by Crippen LogP contribution is 2.51. The van der Waals surface area contributed by atoms with Crippen molar-refractivity contribution in [2.75, 3.05) is 46.5 Å². The van der Waals surface area contributed by atoms with E-state index in [1.807, 2.05) is 18.2 Å². The second-order valence-electron chi connectivity index (χ2n) is 7.63. The number of nitrogens with zero attached hydrogens (tertiary/aromatic N) is 2. The molecule has 4 rings (SSSR count). The average molecular weight is 344 g/mol. The van der Waals surface area contributed by atoms with Gasteiger partial charge in [-0.1, -0.05) is 25.1 Å². The van der Waals surface area contributed by atoms with Crippen LogP contribution in [-0.4, -0.2) is 68.3 Å². The van der Waals surface area contributed by atoms with Gasteiger partial charge < -0.3 is 14.4 Å². The van der Waals surface area contributed by atoms with E-state index in [2.05, 4.69) is 22.8 Å². The van der Waals surface area contributed by atoms with Gasteiger partial charge in [0.05, 0.1) is 20.3 Å². The summed E-state index contributed by atoms with van der Waals surface area (Å²) in [5.74, 6) is 2.22. The molecule has 2 aliphatic heterocycles. The van der Waals surface area contributed by atoms with Crippen molar-refractivity contribution in [3.8, 4) is 5.75 Å². The van der Waals surface area contributed by atoms with Gasteiger partial charge in [0.2, 0.25) is 5.91 Å². The Morgan fingerprint density at radius 1 is 1.20 bits per heavy atom. The molecule has 0 N–H and O–H groups in total. The van der Waals surface area contributed by atoms with Crippen LogP contribution in [0, 0.1) is 11.8 Å². The summed E-state index contributed by atoms with van der Waals surface area (Å²) >= 11 is 0. The number of hydrogen-bond acceptors (Lipinski definition) is 4. The Bertz CT molecular complexity index is 629. The third-order valence-electron chi connectivity index (χ3n) is 6.05. The Hall–Kier alpha value is -1.59. The number of amides is 1. The van der Waals surface area contributed by atoms with Crippen LogP contribution in [0.5, 0.6) is 5.75 Å². The van der Waals surface area contributed by atoms with Crippen molar-refractivity contribution in [2.24, 2.45) is 11.8 Å². The van der Waals surface area contributed by atoms with Crippen molar-refractivity contribution >= 4 is 5.91 Å². The lowest BCUT2D eigenvalue weighted by Crippen LogP contribution is -2.47. The van der Waals surface area contributed by atoms with Crippen LogP contribution in [0.25, 0.3) is 0 Å². The SMILES string of the molecule is COc1ccccc1C1CC1C(=O)N1CC(C)C(N2CCOCC2)C1. The fourth-order valence-electron chi connectivity index (χ4n) is 4.53. The number of likely N-dealkylation sites (tertiary alicyclic amines) is 1. The van der Waals surface area contributed by atoms with Gasteiger partial charge in [0.25, 0.3) is 0 Å². The van der Waals surface area contributed by atoms with Gasteiger partial charge in [0.15, 0.2) is 0 Å². The van der Waals surface area contributed by atoms with E-state index in [0.29, 0.717) is 23.8 Å². The standard InChI is InChI=1S/C20H28N2O3/c1-14-12-22(13-18(14)21-7-9-25-10-8-21)20(23)17-11-16(17)15-5-3-4-6-19(15)24-2/h3-6,14,16-18H,7-13H2,1-2H3. The maximum Gasteiger partial charge on any atom is 0.226 e. The van der Waals surface area contributed by atoms with E-state index in [1.54, 1.807) is 7.11 Å². The number of para-hydroxylation sites is 1. The lowest BCUT2D eigenvalue weighted by Gasteiger charge is -2.34. The first-order valence-corrected chi connectivity index (χ1v) is 9.42. The summed E-state index contributed by atoms with van der Waals surface area (Å²) < 4.78 is 10.9.